The topological polar surface area (TPSA) is 41.1 Å². The zero-order chi connectivity index (χ0) is 11.2. The molecule has 1 amide bonds. The predicted octanol–water partition coefficient (Wildman–Crippen LogP) is 1.60. The highest BCUT2D eigenvalue weighted by molar-refractivity contribution is 5.76. The smallest absolute Gasteiger partial charge is 0.221 e. The SMILES string of the molecule is O=C(CCNCC1CC=CCC1)NC1CC1. The number of carbonyl (C=O) groups excluding carboxylic acids is 1. The summed E-state index contributed by atoms with van der Waals surface area (Å²) in [5.41, 5.74) is 0. The maximum atomic E-state index is 11.4. The third-order valence-electron chi connectivity index (χ3n) is 3.28. The molecule has 1 unspecified atom stereocenters. The summed E-state index contributed by atoms with van der Waals surface area (Å²) < 4.78 is 0. The van der Waals surface area contributed by atoms with E-state index < -0.39 is 0 Å². The van der Waals surface area contributed by atoms with Gasteiger partial charge in [-0.3, -0.25) is 4.79 Å². The Balaban J connectivity index is 1.47. The van der Waals surface area contributed by atoms with Gasteiger partial charge in [0.15, 0.2) is 0 Å². The Bertz CT molecular complexity index is 259. The van der Waals surface area contributed by atoms with Crippen molar-refractivity contribution in [2.24, 2.45) is 5.92 Å². The fourth-order valence-corrected chi connectivity index (χ4v) is 2.08. The van der Waals surface area contributed by atoms with E-state index in [4.69, 9.17) is 0 Å². The van der Waals surface area contributed by atoms with Gasteiger partial charge in [-0.25, -0.2) is 0 Å². The van der Waals surface area contributed by atoms with Crippen molar-refractivity contribution in [3.05, 3.63) is 12.2 Å². The van der Waals surface area contributed by atoms with Gasteiger partial charge in [0.25, 0.3) is 0 Å². The second kappa shape index (κ2) is 6.04. The second-order valence-corrected chi connectivity index (χ2v) is 4.95. The first-order valence-corrected chi connectivity index (χ1v) is 6.49. The summed E-state index contributed by atoms with van der Waals surface area (Å²) in [7, 11) is 0. The minimum atomic E-state index is 0.207. The summed E-state index contributed by atoms with van der Waals surface area (Å²) in [6.07, 6.45) is 11.2. The molecule has 3 nitrogen and oxygen atoms in total. The zero-order valence-electron chi connectivity index (χ0n) is 9.87. The molecule has 1 atom stereocenters. The van der Waals surface area contributed by atoms with Gasteiger partial charge in [0.05, 0.1) is 0 Å². The van der Waals surface area contributed by atoms with Crippen molar-refractivity contribution in [3.8, 4) is 0 Å². The number of nitrogens with one attached hydrogen (secondary N) is 2. The Hall–Kier alpha value is -0.830. The molecule has 0 aromatic rings. The van der Waals surface area contributed by atoms with E-state index in [0.29, 0.717) is 12.5 Å². The number of rotatable bonds is 6. The molecule has 0 aliphatic heterocycles. The van der Waals surface area contributed by atoms with Gasteiger partial charge in [-0.2, -0.15) is 0 Å². The molecule has 0 radical (unpaired) electrons. The van der Waals surface area contributed by atoms with Crippen LogP contribution < -0.4 is 10.6 Å². The summed E-state index contributed by atoms with van der Waals surface area (Å²) in [5, 5.41) is 6.39. The van der Waals surface area contributed by atoms with Crippen molar-refractivity contribution < 1.29 is 4.79 Å². The number of hydrogen-bond acceptors (Lipinski definition) is 2. The van der Waals surface area contributed by atoms with Crippen molar-refractivity contribution in [1.29, 1.82) is 0 Å². The third kappa shape index (κ3) is 4.35. The van der Waals surface area contributed by atoms with Gasteiger partial charge in [0, 0.05) is 19.0 Å². The van der Waals surface area contributed by atoms with Crippen molar-refractivity contribution in [2.75, 3.05) is 13.1 Å². The van der Waals surface area contributed by atoms with Crippen LogP contribution in [0.25, 0.3) is 0 Å². The van der Waals surface area contributed by atoms with E-state index in [1.165, 1.54) is 32.1 Å². The van der Waals surface area contributed by atoms with Gasteiger partial charge in [-0.15, -0.1) is 0 Å². The van der Waals surface area contributed by atoms with Gasteiger partial charge in [0.1, 0.15) is 0 Å². The van der Waals surface area contributed by atoms with Crippen molar-refractivity contribution in [1.82, 2.24) is 10.6 Å². The first-order chi connectivity index (χ1) is 7.84. The lowest BCUT2D eigenvalue weighted by Crippen LogP contribution is -2.31. The average Bonchev–Trinajstić information content (AvgIpc) is 3.10. The van der Waals surface area contributed by atoms with Crippen molar-refractivity contribution in [3.63, 3.8) is 0 Å². The van der Waals surface area contributed by atoms with Crippen LogP contribution in [0, 0.1) is 5.92 Å². The van der Waals surface area contributed by atoms with E-state index in [2.05, 4.69) is 22.8 Å². The molecule has 2 aliphatic rings. The predicted molar refractivity (Wildman–Crippen MR) is 65.1 cm³/mol. The van der Waals surface area contributed by atoms with E-state index in [1.807, 2.05) is 0 Å². The first-order valence-electron chi connectivity index (χ1n) is 6.49. The summed E-state index contributed by atoms with van der Waals surface area (Å²) >= 11 is 0. The molecule has 16 heavy (non-hydrogen) atoms. The van der Waals surface area contributed by atoms with Crippen LogP contribution >= 0.6 is 0 Å². The summed E-state index contributed by atoms with van der Waals surface area (Å²) in [6.45, 7) is 1.87. The normalized spacial score (nSPS) is 24.4. The Morgan fingerprint density at radius 3 is 2.81 bits per heavy atom. The van der Waals surface area contributed by atoms with Crippen LogP contribution in [0.15, 0.2) is 12.2 Å². The highest BCUT2D eigenvalue weighted by Gasteiger charge is 2.22. The number of carbonyl (C=O) groups is 1. The van der Waals surface area contributed by atoms with E-state index in [0.717, 1.165) is 19.0 Å². The van der Waals surface area contributed by atoms with E-state index in [9.17, 15) is 4.79 Å². The molecule has 0 spiro atoms. The van der Waals surface area contributed by atoms with E-state index in [-0.39, 0.29) is 5.91 Å². The Kier molecular flexibility index (Phi) is 4.40. The molecule has 0 aromatic carbocycles. The largest absolute Gasteiger partial charge is 0.353 e. The molecular weight excluding hydrogens is 200 g/mol. The van der Waals surface area contributed by atoms with Gasteiger partial charge in [-0.1, -0.05) is 12.2 Å². The molecule has 1 saturated carbocycles. The number of hydrogen-bond donors (Lipinski definition) is 2. The molecule has 90 valence electrons. The molecule has 2 aliphatic carbocycles. The first kappa shape index (κ1) is 11.6. The maximum absolute atomic E-state index is 11.4. The minimum Gasteiger partial charge on any atom is -0.353 e. The van der Waals surface area contributed by atoms with Crippen LogP contribution in [0.3, 0.4) is 0 Å². The molecular formula is C13H22N2O. The maximum Gasteiger partial charge on any atom is 0.221 e. The lowest BCUT2D eigenvalue weighted by Gasteiger charge is -2.17. The summed E-state index contributed by atoms with van der Waals surface area (Å²) in [5.74, 6) is 0.982. The van der Waals surface area contributed by atoms with Crippen molar-refractivity contribution >= 4 is 5.91 Å². The molecule has 2 rings (SSSR count). The highest BCUT2D eigenvalue weighted by atomic mass is 16.1. The zero-order valence-corrected chi connectivity index (χ0v) is 9.87. The summed E-state index contributed by atoms with van der Waals surface area (Å²) in [6, 6.07) is 0.496. The van der Waals surface area contributed by atoms with Crippen LogP contribution in [0.1, 0.15) is 38.5 Å². The van der Waals surface area contributed by atoms with Crippen LogP contribution in [-0.4, -0.2) is 25.0 Å². The fourth-order valence-electron chi connectivity index (χ4n) is 2.08. The Morgan fingerprint density at radius 1 is 1.25 bits per heavy atom. The van der Waals surface area contributed by atoms with Crippen LogP contribution in [0.4, 0.5) is 0 Å². The second-order valence-electron chi connectivity index (χ2n) is 4.95. The van der Waals surface area contributed by atoms with E-state index >= 15 is 0 Å². The minimum absolute atomic E-state index is 0.207. The third-order valence-corrected chi connectivity index (χ3v) is 3.28. The van der Waals surface area contributed by atoms with Gasteiger partial charge >= 0.3 is 0 Å². The molecule has 0 saturated heterocycles. The molecule has 2 N–H and O–H groups in total. The lowest BCUT2D eigenvalue weighted by molar-refractivity contribution is -0.121. The van der Waals surface area contributed by atoms with Gasteiger partial charge < -0.3 is 10.6 Å². The molecule has 0 bridgehead atoms. The summed E-state index contributed by atoms with van der Waals surface area (Å²) in [4.78, 5) is 11.4. The monoisotopic (exact) mass is 222 g/mol. The molecule has 0 aromatic heterocycles. The Labute approximate surface area is 97.7 Å². The van der Waals surface area contributed by atoms with Gasteiger partial charge in [-0.05, 0) is 44.6 Å². The highest BCUT2D eigenvalue weighted by Crippen LogP contribution is 2.18. The number of amides is 1. The quantitative estimate of drug-likeness (QED) is 0.529. The van der Waals surface area contributed by atoms with Crippen LogP contribution in [0.5, 0.6) is 0 Å². The van der Waals surface area contributed by atoms with Crippen LogP contribution in [0.2, 0.25) is 0 Å². The standard InChI is InChI=1S/C13H22N2O/c16-13(15-12-6-7-12)8-9-14-10-11-4-2-1-3-5-11/h1-2,11-12,14H,3-10H2,(H,15,16). The number of allylic oxidation sites excluding steroid dienone is 2. The Morgan fingerprint density at radius 2 is 2.12 bits per heavy atom. The molecule has 3 heteroatoms. The lowest BCUT2D eigenvalue weighted by atomic mass is 9.94. The molecule has 1 fully saturated rings. The van der Waals surface area contributed by atoms with E-state index in [1.54, 1.807) is 0 Å². The fraction of sp³-hybridized carbons (Fsp3) is 0.769. The van der Waals surface area contributed by atoms with Crippen LogP contribution in [-0.2, 0) is 4.79 Å². The van der Waals surface area contributed by atoms with Crippen molar-refractivity contribution in [2.45, 2.75) is 44.6 Å². The average molecular weight is 222 g/mol. The van der Waals surface area contributed by atoms with Gasteiger partial charge in [0.2, 0.25) is 5.91 Å². The molecule has 0 heterocycles.